The van der Waals surface area contributed by atoms with E-state index in [0.717, 1.165) is 6.20 Å². The Morgan fingerprint density at radius 2 is 2.25 bits per heavy atom. The number of alkyl halides is 3. The van der Waals surface area contributed by atoms with E-state index in [2.05, 4.69) is 14.9 Å². The Morgan fingerprint density at radius 3 is 2.67 bits per heavy atom. The molecule has 0 amide bonds. The normalized spacial score (nSPS) is 11.2. The SMILES string of the molecule is O=C(Oc1cn[nH]n1)C(F)(F)F. The molecule has 0 spiro atoms. The summed E-state index contributed by atoms with van der Waals surface area (Å²) in [5, 5.41) is 8.21. The zero-order chi connectivity index (χ0) is 9.19. The van der Waals surface area contributed by atoms with Crippen LogP contribution in [0.2, 0.25) is 0 Å². The van der Waals surface area contributed by atoms with E-state index in [4.69, 9.17) is 0 Å². The second-order valence-electron chi connectivity index (χ2n) is 1.70. The molecule has 8 heteroatoms. The quantitative estimate of drug-likeness (QED) is 0.631. The van der Waals surface area contributed by atoms with Gasteiger partial charge in [-0.05, 0) is 0 Å². The van der Waals surface area contributed by atoms with Gasteiger partial charge in [0.2, 0.25) is 0 Å². The summed E-state index contributed by atoms with van der Waals surface area (Å²) in [4.78, 5) is 10.1. The average molecular weight is 181 g/mol. The Balaban J connectivity index is 2.60. The molecule has 1 heterocycles. The van der Waals surface area contributed by atoms with Crippen molar-refractivity contribution in [2.75, 3.05) is 0 Å². The van der Waals surface area contributed by atoms with Crippen LogP contribution in [0.1, 0.15) is 0 Å². The van der Waals surface area contributed by atoms with Crippen molar-refractivity contribution in [1.29, 1.82) is 0 Å². The number of aromatic nitrogens is 3. The molecular weight excluding hydrogens is 179 g/mol. The molecule has 66 valence electrons. The molecule has 0 fully saturated rings. The molecule has 0 aliphatic carbocycles. The maximum Gasteiger partial charge on any atom is 0.491 e. The van der Waals surface area contributed by atoms with E-state index in [1.807, 2.05) is 5.21 Å². The molecule has 0 radical (unpaired) electrons. The van der Waals surface area contributed by atoms with E-state index >= 15 is 0 Å². The van der Waals surface area contributed by atoms with Crippen molar-refractivity contribution in [2.45, 2.75) is 6.18 Å². The number of H-pyrrole nitrogens is 1. The van der Waals surface area contributed by atoms with Crippen LogP contribution in [-0.2, 0) is 4.79 Å². The molecule has 1 aromatic rings. The topological polar surface area (TPSA) is 67.9 Å². The third-order valence-corrected chi connectivity index (χ3v) is 0.822. The van der Waals surface area contributed by atoms with Crippen LogP contribution in [0.4, 0.5) is 13.2 Å². The highest BCUT2D eigenvalue weighted by Gasteiger charge is 2.41. The Kier molecular flexibility index (Phi) is 1.98. The zero-order valence-electron chi connectivity index (χ0n) is 5.42. The maximum absolute atomic E-state index is 11.5. The van der Waals surface area contributed by atoms with Crippen LogP contribution in [0.3, 0.4) is 0 Å². The molecule has 0 aliphatic heterocycles. The molecule has 0 unspecified atom stereocenters. The molecule has 0 saturated carbocycles. The van der Waals surface area contributed by atoms with Crippen LogP contribution < -0.4 is 4.74 Å². The van der Waals surface area contributed by atoms with Gasteiger partial charge in [0.25, 0.3) is 5.88 Å². The van der Waals surface area contributed by atoms with Gasteiger partial charge < -0.3 is 4.74 Å². The first-order valence-corrected chi connectivity index (χ1v) is 2.65. The lowest BCUT2D eigenvalue weighted by atomic mass is 10.6. The van der Waals surface area contributed by atoms with Crippen LogP contribution in [0.25, 0.3) is 0 Å². The molecule has 1 N–H and O–H groups in total. The van der Waals surface area contributed by atoms with Crippen LogP contribution in [-0.4, -0.2) is 27.6 Å². The van der Waals surface area contributed by atoms with Gasteiger partial charge in [0.15, 0.2) is 0 Å². The number of carbonyl (C=O) groups is 1. The van der Waals surface area contributed by atoms with Crippen molar-refractivity contribution in [1.82, 2.24) is 15.4 Å². The van der Waals surface area contributed by atoms with Gasteiger partial charge in [-0.3, -0.25) is 0 Å². The largest absolute Gasteiger partial charge is 0.491 e. The number of aromatic amines is 1. The summed E-state index contributed by atoms with van der Waals surface area (Å²) in [6.07, 6.45) is -4.16. The number of halogens is 3. The number of carbonyl (C=O) groups excluding carboxylic acids is 1. The second kappa shape index (κ2) is 2.80. The van der Waals surface area contributed by atoms with Gasteiger partial charge >= 0.3 is 12.1 Å². The fraction of sp³-hybridized carbons (Fsp3) is 0.250. The van der Waals surface area contributed by atoms with Crippen molar-refractivity contribution in [3.8, 4) is 5.88 Å². The Labute approximate surface area is 63.5 Å². The number of esters is 1. The van der Waals surface area contributed by atoms with Gasteiger partial charge in [0.05, 0.1) is 0 Å². The third kappa shape index (κ3) is 1.94. The summed E-state index contributed by atoms with van der Waals surface area (Å²) >= 11 is 0. The average Bonchev–Trinajstić information content (AvgIpc) is 2.37. The summed E-state index contributed by atoms with van der Waals surface area (Å²) in [5.41, 5.74) is 0. The lowest BCUT2D eigenvalue weighted by molar-refractivity contribution is -0.190. The van der Waals surface area contributed by atoms with E-state index in [0.29, 0.717) is 0 Å². The Hall–Kier alpha value is -1.60. The highest BCUT2D eigenvalue weighted by atomic mass is 19.4. The third-order valence-electron chi connectivity index (χ3n) is 0.822. The van der Waals surface area contributed by atoms with Crippen LogP contribution in [0.5, 0.6) is 5.88 Å². The second-order valence-corrected chi connectivity index (χ2v) is 1.70. The Bertz CT molecular complexity index is 268. The first kappa shape index (κ1) is 8.50. The first-order valence-electron chi connectivity index (χ1n) is 2.65. The van der Waals surface area contributed by atoms with Crippen molar-refractivity contribution in [3.63, 3.8) is 0 Å². The number of ether oxygens (including phenoxy) is 1. The van der Waals surface area contributed by atoms with Crippen LogP contribution in [0.15, 0.2) is 6.20 Å². The summed E-state index contributed by atoms with van der Waals surface area (Å²) in [5.74, 6) is -2.84. The molecular formula is C4H2F3N3O2. The molecule has 0 bridgehead atoms. The summed E-state index contributed by atoms with van der Waals surface area (Å²) in [6, 6.07) is 0. The van der Waals surface area contributed by atoms with Gasteiger partial charge in [0, 0.05) is 0 Å². The van der Waals surface area contributed by atoms with E-state index in [1.165, 1.54) is 0 Å². The number of nitrogens with one attached hydrogen (secondary N) is 1. The molecule has 1 aromatic heterocycles. The highest BCUT2D eigenvalue weighted by Crippen LogP contribution is 2.17. The number of hydrogen-bond acceptors (Lipinski definition) is 4. The first-order chi connectivity index (χ1) is 5.50. The minimum absolute atomic E-state index is 0.516. The van der Waals surface area contributed by atoms with E-state index < -0.39 is 18.0 Å². The van der Waals surface area contributed by atoms with Gasteiger partial charge in [-0.15, -0.1) is 5.10 Å². The minimum Gasteiger partial charge on any atom is -0.397 e. The fourth-order valence-electron chi connectivity index (χ4n) is 0.393. The van der Waals surface area contributed by atoms with Crippen molar-refractivity contribution < 1.29 is 22.7 Å². The number of rotatable bonds is 1. The highest BCUT2D eigenvalue weighted by molar-refractivity contribution is 5.77. The van der Waals surface area contributed by atoms with Crippen molar-refractivity contribution in [3.05, 3.63) is 6.20 Å². The summed E-state index contributed by atoms with van der Waals surface area (Å²) < 4.78 is 38.3. The Morgan fingerprint density at radius 1 is 1.58 bits per heavy atom. The molecule has 0 saturated heterocycles. The van der Waals surface area contributed by atoms with Crippen molar-refractivity contribution in [2.24, 2.45) is 0 Å². The van der Waals surface area contributed by atoms with E-state index in [1.54, 1.807) is 0 Å². The number of hydrogen-bond donors (Lipinski definition) is 1. The molecule has 0 aliphatic rings. The molecule has 1 rings (SSSR count). The standard InChI is InChI=1S/C4H2F3N3O2/c5-4(6,7)3(11)12-2-1-8-10-9-2/h1H,(H,8,9,10). The maximum atomic E-state index is 11.5. The smallest absolute Gasteiger partial charge is 0.397 e. The van der Waals surface area contributed by atoms with Crippen LogP contribution in [0, 0.1) is 0 Å². The lowest BCUT2D eigenvalue weighted by Gasteiger charge is -2.02. The van der Waals surface area contributed by atoms with Crippen LogP contribution >= 0.6 is 0 Å². The fourth-order valence-corrected chi connectivity index (χ4v) is 0.393. The summed E-state index contributed by atoms with van der Waals surface area (Å²) in [7, 11) is 0. The predicted molar refractivity (Wildman–Crippen MR) is 28.1 cm³/mol. The van der Waals surface area contributed by atoms with E-state index in [-0.39, 0.29) is 0 Å². The van der Waals surface area contributed by atoms with Gasteiger partial charge in [-0.1, -0.05) is 0 Å². The van der Waals surface area contributed by atoms with Gasteiger partial charge in [-0.25, -0.2) is 4.79 Å². The van der Waals surface area contributed by atoms with Gasteiger partial charge in [0.1, 0.15) is 6.20 Å². The molecule has 0 aromatic carbocycles. The van der Waals surface area contributed by atoms with Gasteiger partial charge in [-0.2, -0.15) is 23.5 Å². The van der Waals surface area contributed by atoms with E-state index in [9.17, 15) is 18.0 Å². The molecule has 5 nitrogen and oxygen atoms in total. The lowest BCUT2D eigenvalue weighted by Crippen LogP contribution is -2.28. The molecule has 0 atom stereocenters. The minimum atomic E-state index is -5.01. The summed E-state index contributed by atoms with van der Waals surface area (Å²) in [6.45, 7) is 0. The monoisotopic (exact) mass is 181 g/mol. The zero-order valence-corrected chi connectivity index (χ0v) is 5.42. The molecule has 12 heavy (non-hydrogen) atoms. The predicted octanol–water partition coefficient (Wildman–Crippen LogP) is 0.272. The number of nitrogens with zero attached hydrogens (tertiary/aromatic N) is 2. The van der Waals surface area contributed by atoms with Crippen molar-refractivity contribution >= 4 is 5.97 Å².